The third-order valence-corrected chi connectivity index (χ3v) is 4.59. The van der Waals surface area contributed by atoms with Gasteiger partial charge in [0.1, 0.15) is 0 Å². The van der Waals surface area contributed by atoms with Crippen molar-refractivity contribution in [3.8, 4) is 0 Å². The number of nitrogens with zero attached hydrogens (tertiary/aromatic N) is 1. The highest BCUT2D eigenvalue weighted by Gasteiger charge is 2.25. The molecule has 1 aliphatic heterocycles. The predicted octanol–water partition coefficient (Wildman–Crippen LogP) is 2.35. The van der Waals surface area contributed by atoms with Gasteiger partial charge in [-0.05, 0) is 25.1 Å². The molecule has 3 N–H and O–H groups in total. The fourth-order valence-corrected chi connectivity index (χ4v) is 3.96. The van der Waals surface area contributed by atoms with E-state index in [9.17, 15) is 4.79 Å². The van der Waals surface area contributed by atoms with Gasteiger partial charge < -0.3 is 16.0 Å². The minimum Gasteiger partial charge on any atom is -0.399 e. The van der Waals surface area contributed by atoms with Crippen LogP contribution in [0.25, 0.3) is 0 Å². The zero-order chi connectivity index (χ0) is 14.7. The minimum atomic E-state index is -0.0268. The summed E-state index contributed by atoms with van der Waals surface area (Å²) in [5.74, 6) is -0.0268. The van der Waals surface area contributed by atoms with Gasteiger partial charge in [-0.2, -0.15) is 11.8 Å². The van der Waals surface area contributed by atoms with Crippen molar-refractivity contribution in [2.75, 3.05) is 30.3 Å². The lowest BCUT2D eigenvalue weighted by molar-refractivity contribution is 0.0956. The smallest absolute Gasteiger partial charge is 0.253 e. The summed E-state index contributed by atoms with van der Waals surface area (Å²) < 4.78 is 0. The maximum absolute atomic E-state index is 12.2. The van der Waals surface area contributed by atoms with Crippen LogP contribution in [0.4, 0.5) is 11.4 Å². The van der Waals surface area contributed by atoms with Gasteiger partial charge >= 0.3 is 0 Å². The van der Waals surface area contributed by atoms with Gasteiger partial charge in [-0.1, -0.05) is 13.8 Å². The average molecular weight is 293 g/mol. The molecule has 2 unspecified atom stereocenters. The van der Waals surface area contributed by atoms with Crippen LogP contribution in [-0.4, -0.2) is 36.0 Å². The van der Waals surface area contributed by atoms with E-state index in [0.29, 0.717) is 28.3 Å². The number of carbonyl (C=O) groups excluding carboxylic acids is 1. The maximum atomic E-state index is 12.2. The van der Waals surface area contributed by atoms with Crippen molar-refractivity contribution < 1.29 is 4.79 Å². The summed E-state index contributed by atoms with van der Waals surface area (Å²) in [5.41, 5.74) is 8.28. The van der Waals surface area contributed by atoms with Gasteiger partial charge in [0, 0.05) is 35.8 Å². The molecule has 1 fully saturated rings. The predicted molar refractivity (Wildman–Crippen MR) is 87.6 cm³/mol. The normalized spacial score (nSPS) is 22.6. The van der Waals surface area contributed by atoms with Gasteiger partial charge in [0.15, 0.2) is 0 Å². The van der Waals surface area contributed by atoms with E-state index in [1.807, 2.05) is 30.8 Å². The number of benzene rings is 1. The van der Waals surface area contributed by atoms with Gasteiger partial charge in [-0.3, -0.25) is 4.79 Å². The highest BCUT2D eigenvalue weighted by atomic mass is 32.2. The minimum absolute atomic E-state index is 0.0268. The first-order valence-corrected chi connectivity index (χ1v) is 8.03. The maximum Gasteiger partial charge on any atom is 0.253 e. The zero-order valence-electron chi connectivity index (χ0n) is 12.3. The molecule has 20 heavy (non-hydrogen) atoms. The molecule has 0 aliphatic carbocycles. The number of carbonyl (C=O) groups is 1. The largest absolute Gasteiger partial charge is 0.399 e. The van der Waals surface area contributed by atoms with Crippen molar-refractivity contribution in [3.05, 3.63) is 23.8 Å². The van der Waals surface area contributed by atoms with E-state index in [0.717, 1.165) is 18.8 Å². The van der Waals surface area contributed by atoms with Crippen molar-refractivity contribution in [1.29, 1.82) is 0 Å². The van der Waals surface area contributed by atoms with Gasteiger partial charge in [0.05, 0.1) is 11.3 Å². The van der Waals surface area contributed by atoms with Gasteiger partial charge in [-0.15, -0.1) is 0 Å². The Morgan fingerprint density at radius 2 is 2.05 bits per heavy atom. The van der Waals surface area contributed by atoms with Crippen molar-refractivity contribution in [1.82, 2.24) is 5.32 Å². The molecule has 4 nitrogen and oxygen atoms in total. The molecule has 2 atom stereocenters. The fraction of sp³-hybridized carbons (Fsp3) is 0.533. The molecule has 1 aliphatic rings. The molecule has 110 valence electrons. The van der Waals surface area contributed by atoms with Crippen LogP contribution in [0.1, 0.15) is 31.1 Å². The highest BCUT2D eigenvalue weighted by Crippen LogP contribution is 2.31. The fourth-order valence-electron chi connectivity index (χ4n) is 2.63. The third kappa shape index (κ3) is 3.39. The third-order valence-electron chi connectivity index (χ3n) is 3.36. The highest BCUT2D eigenvalue weighted by molar-refractivity contribution is 8.00. The molecule has 1 aromatic carbocycles. The standard InChI is InChI=1S/C15H23N3OS/c1-4-17-15(19)13-6-5-12(16)7-14(13)18-8-10(2)20-11(3)9-18/h5-7,10-11H,4,8-9,16H2,1-3H3,(H,17,19). The van der Waals surface area contributed by atoms with Crippen LogP contribution in [-0.2, 0) is 0 Å². The van der Waals surface area contributed by atoms with Gasteiger partial charge in [-0.25, -0.2) is 0 Å². The summed E-state index contributed by atoms with van der Waals surface area (Å²) in [6.07, 6.45) is 0. The Balaban J connectivity index is 2.33. The number of nitrogens with two attached hydrogens (primary N) is 1. The first kappa shape index (κ1) is 15.0. The van der Waals surface area contributed by atoms with E-state index in [-0.39, 0.29) is 5.91 Å². The average Bonchev–Trinajstić information content (AvgIpc) is 2.37. The topological polar surface area (TPSA) is 58.4 Å². The molecule has 2 rings (SSSR count). The van der Waals surface area contributed by atoms with Gasteiger partial charge in [0.25, 0.3) is 5.91 Å². The zero-order valence-corrected chi connectivity index (χ0v) is 13.2. The second-order valence-electron chi connectivity index (χ2n) is 5.30. The molecule has 1 saturated heterocycles. The lowest BCUT2D eigenvalue weighted by atomic mass is 10.1. The molecular weight excluding hydrogens is 270 g/mol. The van der Waals surface area contributed by atoms with Crippen molar-refractivity contribution in [3.63, 3.8) is 0 Å². The van der Waals surface area contributed by atoms with E-state index in [1.165, 1.54) is 0 Å². The van der Waals surface area contributed by atoms with Crippen LogP contribution in [0.3, 0.4) is 0 Å². The molecule has 0 spiro atoms. The van der Waals surface area contributed by atoms with Crippen LogP contribution in [0.2, 0.25) is 0 Å². The van der Waals surface area contributed by atoms with Crippen LogP contribution >= 0.6 is 11.8 Å². The quantitative estimate of drug-likeness (QED) is 0.840. The monoisotopic (exact) mass is 293 g/mol. The Morgan fingerprint density at radius 3 is 2.65 bits per heavy atom. The summed E-state index contributed by atoms with van der Waals surface area (Å²) in [7, 11) is 0. The molecule has 0 radical (unpaired) electrons. The van der Waals surface area contributed by atoms with Crippen molar-refractivity contribution >= 4 is 29.0 Å². The SMILES string of the molecule is CCNC(=O)c1ccc(N)cc1N1CC(C)SC(C)C1. The van der Waals surface area contributed by atoms with E-state index in [4.69, 9.17) is 5.73 Å². The van der Waals surface area contributed by atoms with E-state index < -0.39 is 0 Å². The number of amides is 1. The first-order valence-electron chi connectivity index (χ1n) is 7.09. The number of rotatable bonds is 3. The van der Waals surface area contributed by atoms with E-state index >= 15 is 0 Å². The first-order chi connectivity index (χ1) is 9.51. The molecule has 1 amide bonds. The Labute approximate surface area is 125 Å². The number of nitrogen functional groups attached to an aromatic ring is 1. The molecule has 0 aromatic heterocycles. The van der Waals surface area contributed by atoms with Crippen LogP contribution < -0.4 is 16.0 Å². The van der Waals surface area contributed by atoms with E-state index in [1.54, 1.807) is 6.07 Å². The molecule has 1 heterocycles. The summed E-state index contributed by atoms with van der Waals surface area (Å²) in [5, 5.41) is 3.99. The number of anilines is 2. The van der Waals surface area contributed by atoms with Crippen LogP contribution in [0, 0.1) is 0 Å². The molecular formula is C15H23N3OS. The van der Waals surface area contributed by atoms with Crippen LogP contribution in [0.15, 0.2) is 18.2 Å². The second-order valence-corrected chi connectivity index (χ2v) is 7.18. The number of nitrogens with one attached hydrogen (secondary N) is 1. The molecule has 0 bridgehead atoms. The summed E-state index contributed by atoms with van der Waals surface area (Å²) >= 11 is 1.99. The Hall–Kier alpha value is -1.36. The lowest BCUT2D eigenvalue weighted by Crippen LogP contribution is -2.41. The molecule has 1 aromatic rings. The van der Waals surface area contributed by atoms with E-state index in [2.05, 4.69) is 24.1 Å². The summed E-state index contributed by atoms with van der Waals surface area (Å²) in [6, 6.07) is 5.53. The summed E-state index contributed by atoms with van der Waals surface area (Å²) in [6.45, 7) is 8.91. The van der Waals surface area contributed by atoms with Crippen molar-refractivity contribution in [2.24, 2.45) is 0 Å². The Morgan fingerprint density at radius 1 is 1.40 bits per heavy atom. The summed E-state index contributed by atoms with van der Waals surface area (Å²) in [4.78, 5) is 14.5. The van der Waals surface area contributed by atoms with Crippen molar-refractivity contribution in [2.45, 2.75) is 31.3 Å². The Bertz CT molecular complexity index is 482. The van der Waals surface area contributed by atoms with Crippen LogP contribution in [0.5, 0.6) is 0 Å². The second kappa shape index (κ2) is 6.39. The lowest BCUT2D eigenvalue weighted by Gasteiger charge is -2.37. The number of hydrogen-bond donors (Lipinski definition) is 2. The van der Waals surface area contributed by atoms with Gasteiger partial charge in [0.2, 0.25) is 0 Å². The molecule has 5 heteroatoms. The number of thioether (sulfide) groups is 1. The Kier molecular flexibility index (Phi) is 4.81. The number of hydrogen-bond acceptors (Lipinski definition) is 4. The molecule has 0 saturated carbocycles.